The van der Waals surface area contributed by atoms with E-state index >= 15 is 0 Å². The lowest BCUT2D eigenvalue weighted by Gasteiger charge is -2.45. The van der Waals surface area contributed by atoms with Crippen molar-refractivity contribution in [3.05, 3.63) is 0 Å². The van der Waals surface area contributed by atoms with Crippen molar-refractivity contribution in [2.75, 3.05) is 46.1 Å². The third kappa shape index (κ3) is 6.12. The summed E-state index contributed by atoms with van der Waals surface area (Å²) in [5, 5.41) is 0. The lowest BCUT2D eigenvalue weighted by molar-refractivity contribution is -0.124. The van der Waals surface area contributed by atoms with Crippen LogP contribution in [0.1, 0.15) is 65.2 Å². The van der Waals surface area contributed by atoms with Crippen molar-refractivity contribution < 1.29 is 14.3 Å². The summed E-state index contributed by atoms with van der Waals surface area (Å²) in [4.78, 5) is 14.4. The van der Waals surface area contributed by atoms with Gasteiger partial charge in [-0.2, -0.15) is 0 Å². The predicted octanol–water partition coefficient (Wildman–Crippen LogP) is 3.68. The van der Waals surface area contributed by atoms with Crippen LogP contribution in [0.4, 0.5) is 0 Å². The standard InChI is InChI=1S/C20H37NO3/c1-3-14-23-16-17-24-15-13-21-11-9-20(10-12-21)7-5-18(6-8-20)19(22)4-2/h18H,3-17H2,1-2H3. The van der Waals surface area contributed by atoms with Gasteiger partial charge in [-0.1, -0.05) is 13.8 Å². The molecule has 0 aromatic heterocycles. The molecule has 2 rings (SSSR count). The van der Waals surface area contributed by atoms with Crippen molar-refractivity contribution in [2.45, 2.75) is 65.2 Å². The Kier molecular flexibility index (Phi) is 8.71. The third-order valence-corrected chi connectivity index (χ3v) is 6.04. The summed E-state index contributed by atoms with van der Waals surface area (Å²) in [6.07, 6.45) is 9.20. The molecule has 2 aliphatic rings. The Morgan fingerprint density at radius 2 is 1.58 bits per heavy atom. The van der Waals surface area contributed by atoms with Gasteiger partial charge >= 0.3 is 0 Å². The SMILES string of the molecule is CCCOCCOCCN1CCC2(CCC(C(=O)CC)CC2)CC1. The molecule has 0 atom stereocenters. The summed E-state index contributed by atoms with van der Waals surface area (Å²) in [5.41, 5.74) is 0.538. The minimum Gasteiger partial charge on any atom is -0.379 e. The van der Waals surface area contributed by atoms with E-state index in [9.17, 15) is 4.79 Å². The zero-order valence-corrected chi connectivity index (χ0v) is 15.9. The first kappa shape index (κ1) is 19.9. The molecule has 140 valence electrons. The number of ether oxygens (including phenoxy) is 2. The molecule has 1 saturated carbocycles. The zero-order valence-electron chi connectivity index (χ0n) is 15.9. The summed E-state index contributed by atoms with van der Waals surface area (Å²) in [6, 6.07) is 0. The van der Waals surface area contributed by atoms with Gasteiger partial charge in [0.05, 0.1) is 19.8 Å². The Balaban J connectivity index is 1.56. The molecule has 1 aliphatic carbocycles. The molecule has 0 bridgehead atoms. The fourth-order valence-electron chi connectivity index (χ4n) is 4.25. The second-order valence-electron chi connectivity index (χ2n) is 7.66. The van der Waals surface area contributed by atoms with Crippen LogP contribution in [0.15, 0.2) is 0 Å². The van der Waals surface area contributed by atoms with Crippen molar-refractivity contribution in [1.82, 2.24) is 4.90 Å². The second-order valence-corrected chi connectivity index (χ2v) is 7.66. The van der Waals surface area contributed by atoms with Crippen molar-refractivity contribution in [3.8, 4) is 0 Å². The highest BCUT2D eigenvalue weighted by molar-refractivity contribution is 5.80. The normalized spacial score (nSPS) is 22.1. The second kappa shape index (κ2) is 10.5. The average molecular weight is 340 g/mol. The van der Waals surface area contributed by atoms with Crippen LogP contribution in [0, 0.1) is 11.3 Å². The van der Waals surface area contributed by atoms with Gasteiger partial charge in [-0.05, 0) is 63.5 Å². The molecular weight excluding hydrogens is 302 g/mol. The van der Waals surface area contributed by atoms with Gasteiger partial charge in [0.25, 0.3) is 0 Å². The highest BCUT2D eigenvalue weighted by atomic mass is 16.5. The number of carbonyl (C=O) groups is 1. The number of Topliss-reactive ketones (excluding diaryl/α,β-unsaturated/α-hetero) is 1. The molecule has 0 aromatic rings. The number of nitrogens with zero attached hydrogens (tertiary/aromatic N) is 1. The topological polar surface area (TPSA) is 38.8 Å². The van der Waals surface area contributed by atoms with Gasteiger partial charge in [-0.3, -0.25) is 4.79 Å². The Morgan fingerprint density at radius 1 is 0.958 bits per heavy atom. The molecule has 0 unspecified atom stereocenters. The van der Waals surface area contributed by atoms with Gasteiger partial charge in [-0.15, -0.1) is 0 Å². The van der Waals surface area contributed by atoms with Gasteiger partial charge in [0.2, 0.25) is 0 Å². The number of ketones is 1. The molecule has 1 spiro atoms. The lowest BCUT2D eigenvalue weighted by Crippen LogP contribution is -2.43. The molecule has 1 aliphatic heterocycles. The quantitative estimate of drug-likeness (QED) is 0.569. The van der Waals surface area contributed by atoms with Crippen molar-refractivity contribution in [3.63, 3.8) is 0 Å². The Hall–Kier alpha value is -0.450. The number of hydrogen-bond acceptors (Lipinski definition) is 4. The highest BCUT2D eigenvalue weighted by Crippen LogP contribution is 2.46. The van der Waals surface area contributed by atoms with E-state index in [1.165, 1.54) is 38.8 Å². The molecule has 1 heterocycles. The smallest absolute Gasteiger partial charge is 0.135 e. The first-order valence-corrected chi connectivity index (χ1v) is 10.1. The molecule has 4 heteroatoms. The van der Waals surface area contributed by atoms with Crippen LogP contribution < -0.4 is 0 Å². The van der Waals surface area contributed by atoms with Gasteiger partial charge in [-0.25, -0.2) is 0 Å². The fourth-order valence-corrected chi connectivity index (χ4v) is 4.25. The van der Waals surface area contributed by atoms with Crippen molar-refractivity contribution in [1.29, 1.82) is 0 Å². The summed E-state index contributed by atoms with van der Waals surface area (Å²) >= 11 is 0. The number of carbonyl (C=O) groups excluding carboxylic acids is 1. The Labute approximate surface area is 148 Å². The maximum absolute atomic E-state index is 11.9. The van der Waals surface area contributed by atoms with Gasteiger partial charge in [0.15, 0.2) is 0 Å². The van der Waals surface area contributed by atoms with Crippen LogP contribution in [0.3, 0.4) is 0 Å². The Bertz CT molecular complexity index is 354. The molecule has 1 saturated heterocycles. The number of rotatable bonds is 10. The van der Waals surface area contributed by atoms with Crippen LogP contribution >= 0.6 is 0 Å². The summed E-state index contributed by atoms with van der Waals surface area (Å²) in [5.74, 6) is 0.851. The van der Waals surface area contributed by atoms with Gasteiger partial charge in [0, 0.05) is 25.5 Å². The highest BCUT2D eigenvalue weighted by Gasteiger charge is 2.39. The van der Waals surface area contributed by atoms with E-state index in [2.05, 4.69) is 11.8 Å². The molecular formula is C20H37NO3. The molecule has 0 N–H and O–H groups in total. The fraction of sp³-hybridized carbons (Fsp3) is 0.950. The van der Waals surface area contributed by atoms with E-state index in [4.69, 9.17) is 9.47 Å². The number of hydrogen-bond donors (Lipinski definition) is 0. The summed E-state index contributed by atoms with van der Waals surface area (Å²) in [7, 11) is 0. The first-order chi connectivity index (χ1) is 11.7. The van der Waals surface area contributed by atoms with Crippen molar-refractivity contribution in [2.24, 2.45) is 11.3 Å². The minimum absolute atomic E-state index is 0.363. The molecule has 24 heavy (non-hydrogen) atoms. The van der Waals surface area contributed by atoms with E-state index in [0.29, 0.717) is 30.3 Å². The predicted molar refractivity (Wildman–Crippen MR) is 97.3 cm³/mol. The van der Waals surface area contributed by atoms with E-state index in [0.717, 1.165) is 45.4 Å². The van der Waals surface area contributed by atoms with E-state index in [-0.39, 0.29) is 0 Å². The average Bonchev–Trinajstić information content (AvgIpc) is 2.62. The van der Waals surface area contributed by atoms with E-state index in [1.54, 1.807) is 0 Å². The lowest BCUT2D eigenvalue weighted by atomic mass is 9.65. The van der Waals surface area contributed by atoms with E-state index < -0.39 is 0 Å². The molecule has 0 aromatic carbocycles. The van der Waals surface area contributed by atoms with Crippen LogP contribution in [0.5, 0.6) is 0 Å². The van der Waals surface area contributed by atoms with Gasteiger partial charge in [0.1, 0.15) is 5.78 Å². The van der Waals surface area contributed by atoms with E-state index in [1.807, 2.05) is 6.92 Å². The maximum atomic E-state index is 11.9. The summed E-state index contributed by atoms with van der Waals surface area (Å²) < 4.78 is 11.1. The van der Waals surface area contributed by atoms with Gasteiger partial charge < -0.3 is 14.4 Å². The Morgan fingerprint density at radius 3 is 2.17 bits per heavy atom. The van der Waals surface area contributed by atoms with Crippen LogP contribution in [-0.4, -0.2) is 56.7 Å². The number of likely N-dealkylation sites (tertiary alicyclic amines) is 1. The monoisotopic (exact) mass is 339 g/mol. The molecule has 4 nitrogen and oxygen atoms in total. The maximum Gasteiger partial charge on any atom is 0.135 e. The van der Waals surface area contributed by atoms with Crippen LogP contribution in [0.2, 0.25) is 0 Å². The zero-order chi connectivity index (χ0) is 17.3. The first-order valence-electron chi connectivity index (χ1n) is 10.1. The summed E-state index contributed by atoms with van der Waals surface area (Å²) in [6.45, 7) is 10.6. The molecule has 0 radical (unpaired) electrons. The largest absolute Gasteiger partial charge is 0.379 e. The molecule has 2 fully saturated rings. The van der Waals surface area contributed by atoms with Crippen LogP contribution in [-0.2, 0) is 14.3 Å². The van der Waals surface area contributed by atoms with Crippen LogP contribution in [0.25, 0.3) is 0 Å². The number of piperidine rings is 1. The third-order valence-electron chi connectivity index (χ3n) is 6.04. The minimum atomic E-state index is 0.363. The van der Waals surface area contributed by atoms with Crippen molar-refractivity contribution >= 4 is 5.78 Å². The molecule has 0 amide bonds.